The second-order valence-electron chi connectivity index (χ2n) is 3.52. The lowest BCUT2D eigenvalue weighted by atomic mass is 10.4. The summed E-state index contributed by atoms with van der Waals surface area (Å²) in [6.45, 7) is 10.7. The molecule has 0 radical (unpaired) electrons. The second kappa shape index (κ2) is 6.65. The van der Waals surface area contributed by atoms with E-state index in [-0.39, 0.29) is 0 Å². The molecule has 0 atom stereocenters. The summed E-state index contributed by atoms with van der Waals surface area (Å²) >= 11 is 0. The smallest absolute Gasteiger partial charge is 0.191 e. The molecule has 2 N–H and O–H groups in total. The number of nitrogens with one attached hydrogen (secondary N) is 2. The molecule has 1 rings (SSSR count). The van der Waals surface area contributed by atoms with Crippen LogP contribution in [0.4, 0.5) is 0 Å². The van der Waals surface area contributed by atoms with Crippen molar-refractivity contribution < 1.29 is 0 Å². The molecule has 0 amide bonds. The molecule has 0 saturated carbocycles. The molecule has 1 heterocycles. The molecule has 1 aliphatic heterocycles. The lowest BCUT2D eigenvalue weighted by Gasteiger charge is -2.19. The van der Waals surface area contributed by atoms with Crippen molar-refractivity contribution in [2.24, 2.45) is 4.99 Å². The summed E-state index contributed by atoms with van der Waals surface area (Å²) in [6, 6.07) is 0. The largest absolute Gasteiger partial charge is 0.355 e. The normalized spacial score (nSPS) is 15.5. The van der Waals surface area contributed by atoms with Crippen molar-refractivity contribution in [3.63, 3.8) is 0 Å². The number of aliphatic imine (C=N–C) groups is 1. The Kier molecular flexibility index (Phi) is 5.37. The molecule has 4 heteroatoms. The topological polar surface area (TPSA) is 39.7 Å². The van der Waals surface area contributed by atoms with Gasteiger partial charge in [-0.3, -0.25) is 4.99 Å². The number of rotatable bonds is 6. The first-order valence-electron chi connectivity index (χ1n) is 5.61. The Hall–Kier alpha value is -0.770. The van der Waals surface area contributed by atoms with E-state index in [4.69, 9.17) is 0 Å². The van der Waals surface area contributed by atoms with Crippen LogP contribution in [0.1, 0.15) is 20.3 Å². The Labute approximate surface area is 86.8 Å². The van der Waals surface area contributed by atoms with Crippen LogP contribution in [0.5, 0.6) is 0 Å². The van der Waals surface area contributed by atoms with E-state index in [2.05, 4.69) is 34.4 Å². The zero-order valence-electron chi connectivity index (χ0n) is 9.34. The number of likely N-dealkylation sites (N-methyl/N-ethyl adjacent to an activating group) is 1. The maximum Gasteiger partial charge on any atom is 0.191 e. The first-order valence-corrected chi connectivity index (χ1v) is 5.61. The van der Waals surface area contributed by atoms with Gasteiger partial charge in [-0.15, -0.1) is 0 Å². The van der Waals surface area contributed by atoms with Crippen LogP contribution in [-0.2, 0) is 0 Å². The minimum atomic E-state index is 0.911. The third kappa shape index (κ3) is 3.96. The third-order valence-corrected chi connectivity index (χ3v) is 2.38. The highest BCUT2D eigenvalue weighted by Gasteiger charge is 2.04. The summed E-state index contributed by atoms with van der Waals surface area (Å²) in [5.74, 6) is 0.970. The molecule has 0 aromatic carbocycles. The van der Waals surface area contributed by atoms with Crippen molar-refractivity contribution in [1.29, 1.82) is 0 Å². The van der Waals surface area contributed by atoms with Crippen LogP contribution < -0.4 is 10.6 Å². The van der Waals surface area contributed by atoms with Gasteiger partial charge in [0.25, 0.3) is 0 Å². The van der Waals surface area contributed by atoms with Gasteiger partial charge in [-0.2, -0.15) is 0 Å². The summed E-state index contributed by atoms with van der Waals surface area (Å²) in [5.41, 5.74) is 0. The van der Waals surface area contributed by atoms with E-state index in [0.29, 0.717) is 0 Å². The van der Waals surface area contributed by atoms with Crippen LogP contribution in [0.3, 0.4) is 0 Å². The standard InChI is InChI=1S/C10H22N4/c1-3-8-14(4-2)9-7-13-10-11-5-6-12-10/h3-9H2,1-2H3,(H2,11,12,13). The first-order chi connectivity index (χ1) is 6.86. The van der Waals surface area contributed by atoms with E-state index in [9.17, 15) is 0 Å². The summed E-state index contributed by atoms with van der Waals surface area (Å²) in [7, 11) is 0. The number of guanidine groups is 1. The zero-order chi connectivity index (χ0) is 10.2. The first kappa shape index (κ1) is 11.3. The second-order valence-corrected chi connectivity index (χ2v) is 3.52. The van der Waals surface area contributed by atoms with Gasteiger partial charge in [-0.25, -0.2) is 0 Å². The molecule has 82 valence electrons. The molecular formula is C10H22N4. The Morgan fingerprint density at radius 1 is 1.43 bits per heavy atom. The van der Waals surface area contributed by atoms with Crippen molar-refractivity contribution in [2.75, 3.05) is 39.3 Å². The fourth-order valence-electron chi connectivity index (χ4n) is 1.59. The van der Waals surface area contributed by atoms with Gasteiger partial charge in [0.1, 0.15) is 0 Å². The fraction of sp³-hybridized carbons (Fsp3) is 0.900. The van der Waals surface area contributed by atoms with Gasteiger partial charge >= 0.3 is 0 Å². The highest BCUT2D eigenvalue weighted by atomic mass is 15.2. The molecule has 0 aliphatic carbocycles. The quantitative estimate of drug-likeness (QED) is 0.643. The van der Waals surface area contributed by atoms with E-state index < -0.39 is 0 Å². The number of nitrogens with zero attached hydrogens (tertiary/aromatic N) is 2. The average Bonchev–Trinajstić information content (AvgIpc) is 2.69. The predicted octanol–water partition coefficient (Wildman–Crippen LogP) is 0.267. The van der Waals surface area contributed by atoms with Crippen LogP contribution in [0.25, 0.3) is 0 Å². The van der Waals surface area contributed by atoms with Crippen LogP contribution in [-0.4, -0.2) is 50.1 Å². The van der Waals surface area contributed by atoms with Crippen LogP contribution in [0.15, 0.2) is 4.99 Å². The molecule has 4 nitrogen and oxygen atoms in total. The van der Waals surface area contributed by atoms with E-state index in [0.717, 1.165) is 38.7 Å². The van der Waals surface area contributed by atoms with Crippen LogP contribution in [0.2, 0.25) is 0 Å². The monoisotopic (exact) mass is 198 g/mol. The van der Waals surface area contributed by atoms with Gasteiger partial charge in [0, 0.05) is 19.6 Å². The number of hydrogen-bond donors (Lipinski definition) is 2. The fourth-order valence-corrected chi connectivity index (χ4v) is 1.59. The Morgan fingerprint density at radius 2 is 2.29 bits per heavy atom. The SMILES string of the molecule is CCCN(CC)CCNC1=NCCN1. The van der Waals surface area contributed by atoms with Crippen molar-refractivity contribution >= 4 is 5.96 Å². The molecule has 0 aromatic rings. The van der Waals surface area contributed by atoms with Crippen molar-refractivity contribution in [2.45, 2.75) is 20.3 Å². The van der Waals surface area contributed by atoms with Crippen LogP contribution >= 0.6 is 0 Å². The zero-order valence-corrected chi connectivity index (χ0v) is 9.34. The average molecular weight is 198 g/mol. The summed E-state index contributed by atoms with van der Waals surface area (Å²) in [4.78, 5) is 6.73. The minimum Gasteiger partial charge on any atom is -0.355 e. The van der Waals surface area contributed by atoms with E-state index in [1.54, 1.807) is 0 Å². The summed E-state index contributed by atoms with van der Waals surface area (Å²) in [5, 5.41) is 6.50. The minimum absolute atomic E-state index is 0.911. The lowest BCUT2D eigenvalue weighted by molar-refractivity contribution is 0.293. The van der Waals surface area contributed by atoms with E-state index >= 15 is 0 Å². The predicted molar refractivity (Wildman–Crippen MR) is 60.7 cm³/mol. The molecule has 1 aliphatic rings. The Bertz CT molecular complexity index is 179. The molecule has 0 fully saturated rings. The molecule has 0 aromatic heterocycles. The Morgan fingerprint density at radius 3 is 2.86 bits per heavy atom. The molecule has 0 saturated heterocycles. The lowest BCUT2D eigenvalue weighted by Crippen LogP contribution is -2.39. The number of hydrogen-bond acceptors (Lipinski definition) is 4. The summed E-state index contributed by atoms with van der Waals surface area (Å²) < 4.78 is 0. The maximum absolute atomic E-state index is 4.28. The van der Waals surface area contributed by atoms with Crippen LogP contribution in [0, 0.1) is 0 Å². The van der Waals surface area contributed by atoms with Gasteiger partial charge < -0.3 is 15.5 Å². The highest BCUT2D eigenvalue weighted by Crippen LogP contribution is 1.89. The summed E-state index contributed by atoms with van der Waals surface area (Å²) in [6.07, 6.45) is 1.23. The van der Waals surface area contributed by atoms with E-state index in [1.807, 2.05) is 0 Å². The van der Waals surface area contributed by atoms with Gasteiger partial charge in [-0.05, 0) is 19.5 Å². The third-order valence-electron chi connectivity index (χ3n) is 2.38. The molecule has 14 heavy (non-hydrogen) atoms. The van der Waals surface area contributed by atoms with Gasteiger partial charge in [0.15, 0.2) is 5.96 Å². The Balaban J connectivity index is 2.06. The maximum atomic E-state index is 4.28. The molecule has 0 unspecified atom stereocenters. The molecule has 0 bridgehead atoms. The van der Waals surface area contributed by atoms with Crippen molar-refractivity contribution in [3.8, 4) is 0 Å². The van der Waals surface area contributed by atoms with Crippen molar-refractivity contribution in [3.05, 3.63) is 0 Å². The highest BCUT2D eigenvalue weighted by molar-refractivity contribution is 5.81. The van der Waals surface area contributed by atoms with Crippen molar-refractivity contribution in [1.82, 2.24) is 15.5 Å². The van der Waals surface area contributed by atoms with Gasteiger partial charge in [-0.1, -0.05) is 13.8 Å². The van der Waals surface area contributed by atoms with Gasteiger partial charge in [0.05, 0.1) is 6.54 Å². The van der Waals surface area contributed by atoms with E-state index in [1.165, 1.54) is 13.0 Å². The molecular weight excluding hydrogens is 176 g/mol. The van der Waals surface area contributed by atoms with Gasteiger partial charge in [0.2, 0.25) is 0 Å². The molecule has 0 spiro atoms.